The van der Waals surface area contributed by atoms with E-state index in [9.17, 15) is 19.8 Å². The molecule has 0 aromatic heterocycles. The van der Waals surface area contributed by atoms with Crippen LogP contribution >= 0.6 is 11.6 Å². The van der Waals surface area contributed by atoms with Crippen molar-refractivity contribution in [2.24, 2.45) is 0 Å². The van der Waals surface area contributed by atoms with Crippen LogP contribution in [-0.4, -0.2) is 45.2 Å². The largest absolute Gasteiger partial charge is 0.487 e. The highest BCUT2D eigenvalue weighted by molar-refractivity contribution is 6.32. The molecule has 1 unspecified atom stereocenters. The number of rotatable bonds is 8. The van der Waals surface area contributed by atoms with E-state index in [0.717, 1.165) is 11.1 Å². The number of benzene rings is 3. The molecule has 5 rings (SSSR count). The number of halogens is 1. The van der Waals surface area contributed by atoms with Gasteiger partial charge in [0.15, 0.2) is 6.10 Å². The lowest BCUT2D eigenvalue weighted by Gasteiger charge is -2.38. The van der Waals surface area contributed by atoms with Crippen LogP contribution in [0.3, 0.4) is 0 Å². The lowest BCUT2D eigenvalue weighted by Crippen LogP contribution is -2.51. The fraction of sp³-hybridized carbons (Fsp3) is 0.355. The van der Waals surface area contributed by atoms with Crippen LogP contribution < -0.4 is 4.74 Å². The molecule has 3 aromatic carbocycles. The second-order valence-corrected chi connectivity index (χ2v) is 10.6. The Morgan fingerprint density at radius 1 is 0.949 bits per heavy atom. The number of carboxylic acid groups (broad SMARTS) is 1. The third-order valence-corrected chi connectivity index (χ3v) is 7.81. The van der Waals surface area contributed by atoms with Gasteiger partial charge in [0, 0.05) is 18.5 Å². The van der Waals surface area contributed by atoms with Crippen molar-refractivity contribution >= 4 is 23.5 Å². The van der Waals surface area contributed by atoms with E-state index in [1.165, 1.54) is 4.90 Å². The van der Waals surface area contributed by atoms with E-state index < -0.39 is 24.0 Å². The number of carbonyl (C=O) groups is 2. The van der Waals surface area contributed by atoms with Gasteiger partial charge in [-0.1, -0.05) is 78.3 Å². The number of fused-ring (bicyclic) bond motifs is 1. The number of carbonyl (C=O) groups excluding carboxylic acids is 1. The zero-order valence-electron chi connectivity index (χ0n) is 21.5. The maximum absolute atomic E-state index is 14.1. The molecular formula is C31H32ClNO6. The van der Waals surface area contributed by atoms with E-state index in [1.807, 2.05) is 66.7 Å². The maximum Gasteiger partial charge on any atom is 0.326 e. The summed E-state index contributed by atoms with van der Waals surface area (Å²) in [5.41, 5.74) is 3.13. The van der Waals surface area contributed by atoms with Crippen LogP contribution in [0.15, 0.2) is 72.8 Å². The molecule has 8 heteroatoms. The van der Waals surface area contributed by atoms with Crippen LogP contribution in [0.1, 0.15) is 54.0 Å². The zero-order chi connectivity index (χ0) is 27.4. The summed E-state index contributed by atoms with van der Waals surface area (Å²) in [5, 5.41) is 20.5. The van der Waals surface area contributed by atoms with E-state index in [-0.39, 0.29) is 31.8 Å². The second-order valence-electron chi connectivity index (χ2n) is 10.2. The first-order valence-corrected chi connectivity index (χ1v) is 13.7. The van der Waals surface area contributed by atoms with Gasteiger partial charge in [-0.05, 0) is 48.4 Å². The van der Waals surface area contributed by atoms with Crippen LogP contribution in [0.2, 0.25) is 5.02 Å². The van der Waals surface area contributed by atoms with Crippen LogP contribution in [0.5, 0.6) is 5.75 Å². The topological polar surface area (TPSA) is 96.3 Å². The van der Waals surface area contributed by atoms with Crippen molar-refractivity contribution in [1.29, 1.82) is 0 Å². The Hall–Kier alpha value is -3.39. The quantitative estimate of drug-likeness (QED) is 0.395. The number of hydrogen-bond donors (Lipinski definition) is 2. The monoisotopic (exact) mass is 549 g/mol. The van der Waals surface area contributed by atoms with Gasteiger partial charge in [0.25, 0.3) is 5.91 Å². The maximum atomic E-state index is 14.1. The number of aliphatic carboxylic acids is 1. The standard InChI is InChI=1S/C31H32ClNO6/c32-26-16-11-22-18-33(27(31(36)37)17-25(22)29(26)38-19-20-7-3-1-4-8-20)30(35)28(21-9-5-2-6-10-21)39-24-14-12-23(34)13-15-24/h1-11,16,23-24,27-28,34H,12-15,17-19H2,(H,36,37)/t23-,24+,27-,28?/m1/s1. The number of aliphatic hydroxyl groups excluding tert-OH is 1. The van der Waals surface area contributed by atoms with Gasteiger partial charge in [0.1, 0.15) is 18.4 Å². The number of hydrogen-bond acceptors (Lipinski definition) is 5. The Morgan fingerprint density at radius 2 is 1.62 bits per heavy atom. The van der Waals surface area contributed by atoms with Gasteiger partial charge in [-0.15, -0.1) is 0 Å². The molecule has 1 amide bonds. The smallest absolute Gasteiger partial charge is 0.326 e. The van der Waals surface area contributed by atoms with E-state index in [1.54, 1.807) is 6.07 Å². The number of nitrogens with zero attached hydrogens (tertiary/aromatic N) is 1. The number of carboxylic acids is 1. The molecule has 0 radical (unpaired) electrons. The van der Waals surface area contributed by atoms with Gasteiger partial charge in [-0.25, -0.2) is 4.79 Å². The predicted molar refractivity (Wildman–Crippen MR) is 146 cm³/mol. The van der Waals surface area contributed by atoms with E-state index in [0.29, 0.717) is 47.6 Å². The van der Waals surface area contributed by atoms with Crippen molar-refractivity contribution < 1.29 is 29.3 Å². The SMILES string of the molecule is O=C(O)[C@H]1Cc2c(ccc(Cl)c2OCc2ccccc2)CN1C(=O)C(O[C@H]1CC[C@@H](O)CC1)c1ccccc1. The van der Waals surface area contributed by atoms with Crippen molar-refractivity contribution in [3.05, 3.63) is 100 Å². The zero-order valence-corrected chi connectivity index (χ0v) is 22.3. The third-order valence-electron chi connectivity index (χ3n) is 7.52. The minimum Gasteiger partial charge on any atom is -0.487 e. The molecule has 2 atom stereocenters. The predicted octanol–water partition coefficient (Wildman–Crippen LogP) is 5.32. The average Bonchev–Trinajstić information content (AvgIpc) is 2.96. The fourth-order valence-electron chi connectivity index (χ4n) is 5.38. The fourth-order valence-corrected chi connectivity index (χ4v) is 5.61. The molecule has 1 heterocycles. The lowest BCUT2D eigenvalue weighted by atomic mass is 9.91. The molecule has 39 heavy (non-hydrogen) atoms. The molecule has 0 saturated heterocycles. The minimum atomic E-state index is -1.11. The minimum absolute atomic E-state index is 0.0677. The molecule has 0 spiro atoms. The molecule has 1 fully saturated rings. The Balaban J connectivity index is 1.43. The van der Waals surface area contributed by atoms with Crippen LogP contribution in [-0.2, 0) is 33.9 Å². The molecule has 204 valence electrons. The summed E-state index contributed by atoms with van der Waals surface area (Å²) >= 11 is 6.51. The van der Waals surface area contributed by atoms with Gasteiger partial charge in [-0.2, -0.15) is 0 Å². The molecule has 0 bridgehead atoms. The van der Waals surface area contributed by atoms with Crippen molar-refractivity contribution in [2.75, 3.05) is 0 Å². The number of aliphatic hydroxyl groups is 1. The van der Waals surface area contributed by atoms with Crippen molar-refractivity contribution in [3.63, 3.8) is 0 Å². The highest BCUT2D eigenvalue weighted by atomic mass is 35.5. The summed E-state index contributed by atoms with van der Waals surface area (Å²) in [7, 11) is 0. The number of amides is 1. The van der Waals surface area contributed by atoms with Crippen LogP contribution in [0, 0.1) is 0 Å². The number of ether oxygens (including phenoxy) is 2. The molecule has 2 N–H and O–H groups in total. The first-order valence-electron chi connectivity index (χ1n) is 13.3. The highest BCUT2D eigenvalue weighted by Gasteiger charge is 2.40. The average molecular weight is 550 g/mol. The van der Waals surface area contributed by atoms with Gasteiger partial charge in [0.05, 0.1) is 17.2 Å². The van der Waals surface area contributed by atoms with E-state index >= 15 is 0 Å². The van der Waals surface area contributed by atoms with Crippen LogP contribution in [0.25, 0.3) is 0 Å². The van der Waals surface area contributed by atoms with Gasteiger partial charge >= 0.3 is 5.97 Å². The molecule has 2 aliphatic rings. The highest BCUT2D eigenvalue weighted by Crippen LogP contribution is 2.39. The summed E-state index contributed by atoms with van der Waals surface area (Å²) < 4.78 is 12.4. The summed E-state index contributed by atoms with van der Waals surface area (Å²) in [6.45, 7) is 0.386. The molecule has 1 saturated carbocycles. The summed E-state index contributed by atoms with van der Waals surface area (Å²) in [5.74, 6) is -1.05. The second kappa shape index (κ2) is 12.2. The third kappa shape index (κ3) is 6.27. The first-order chi connectivity index (χ1) is 18.9. The van der Waals surface area contributed by atoms with Crippen molar-refractivity contribution in [1.82, 2.24) is 4.90 Å². The molecule has 7 nitrogen and oxygen atoms in total. The first kappa shape index (κ1) is 27.2. The lowest BCUT2D eigenvalue weighted by molar-refractivity contribution is -0.161. The van der Waals surface area contributed by atoms with E-state index in [2.05, 4.69) is 0 Å². The van der Waals surface area contributed by atoms with Gasteiger partial charge < -0.3 is 24.6 Å². The van der Waals surface area contributed by atoms with Gasteiger partial charge in [0.2, 0.25) is 0 Å². The normalized spacial score (nSPS) is 21.6. The Labute approximate surface area is 232 Å². The van der Waals surface area contributed by atoms with E-state index in [4.69, 9.17) is 21.1 Å². The van der Waals surface area contributed by atoms with Crippen LogP contribution in [0.4, 0.5) is 0 Å². The summed E-state index contributed by atoms with van der Waals surface area (Å²) in [6, 6.07) is 21.3. The summed E-state index contributed by atoms with van der Waals surface area (Å²) in [6.07, 6.45) is 1.08. The Kier molecular flexibility index (Phi) is 8.50. The molecule has 3 aromatic rings. The van der Waals surface area contributed by atoms with Gasteiger partial charge in [-0.3, -0.25) is 4.79 Å². The molecule has 1 aliphatic heterocycles. The molecule has 1 aliphatic carbocycles. The van der Waals surface area contributed by atoms with Crippen molar-refractivity contribution in [3.8, 4) is 5.75 Å². The summed E-state index contributed by atoms with van der Waals surface area (Å²) in [4.78, 5) is 28.0. The molecular weight excluding hydrogens is 518 g/mol. The Bertz CT molecular complexity index is 1290. The van der Waals surface area contributed by atoms with Crippen molar-refractivity contribution in [2.45, 2.75) is 69.6 Å². The Morgan fingerprint density at radius 3 is 2.28 bits per heavy atom.